The fourth-order valence-corrected chi connectivity index (χ4v) is 2.81. The molecule has 0 atom stereocenters. The van der Waals surface area contributed by atoms with Gasteiger partial charge in [0.05, 0.1) is 13.5 Å². The molecule has 3 rings (SSSR count). The predicted molar refractivity (Wildman–Crippen MR) is 98.1 cm³/mol. The second kappa shape index (κ2) is 8.22. The zero-order valence-electron chi connectivity index (χ0n) is 14.8. The van der Waals surface area contributed by atoms with E-state index in [9.17, 15) is 9.18 Å². The number of ether oxygens (including phenoxy) is 2. The molecule has 0 aliphatic carbocycles. The lowest BCUT2D eigenvalue weighted by molar-refractivity contribution is -0.144. The van der Waals surface area contributed by atoms with Gasteiger partial charge >= 0.3 is 5.97 Å². The predicted octanol–water partition coefficient (Wildman–Crippen LogP) is 4.74. The van der Waals surface area contributed by atoms with E-state index in [2.05, 4.69) is 5.16 Å². The van der Waals surface area contributed by atoms with Gasteiger partial charge in [-0.05, 0) is 49.4 Å². The lowest BCUT2D eigenvalue weighted by atomic mass is 10.1. The number of esters is 1. The van der Waals surface area contributed by atoms with Crippen LogP contribution in [0.3, 0.4) is 0 Å². The SMILES string of the molecule is COc1ccc(Cl)cc1CC(=O)OCc1noc(-c2ccc(F)cc2)c1C. The van der Waals surface area contributed by atoms with Crippen LogP contribution in [0, 0.1) is 12.7 Å². The third-order valence-electron chi connectivity index (χ3n) is 4.07. The Hall–Kier alpha value is -2.86. The Morgan fingerprint density at radius 2 is 1.96 bits per heavy atom. The molecule has 140 valence electrons. The average Bonchev–Trinajstić information content (AvgIpc) is 3.01. The molecule has 0 N–H and O–H groups in total. The third kappa shape index (κ3) is 4.46. The summed E-state index contributed by atoms with van der Waals surface area (Å²) in [6.07, 6.45) is 0.0193. The highest BCUT2D eigenvalue weighted by Crippen LogP contribution is 2.27. The zero-order valence-corrected chi connectivity index (χ0v) is 15.5. The Morgan fingerprint density at radius 1 is 1.22 bits per heavy atom. The Bertz CT molecular complexity index is 953. The van der Waals surface area contributed by atoms with Crippen LogP contribution in [0.15, 0.2) is 47.0 Å². The van der Waals surface area contributed by atoms with Crippen molar-refractivity contribution in [3.05, 3.63) is 70.1 Å². The molecule has 2 aromatic carbocycles. The molecule has 0 bridgehead atoms. The molecule has 0 fully saturated rings. The number of methoxy groups -OCH3 is 1. The Balaban J connectivity index is 1.66. The zero-order chi connectivity index (χ0) is 19.4. The van der Waals surface area contributed by atoms with Gasteiger partial charge in [0, 0.05) is 21.7 Å². The largest absolute Gasteiger partial charge is 0.496 e. The molecule has 0 spiro atoms. The van der Waals surface area contributed by atoms with Crippen LogP contribution < -0.4 is 4.74 Å². The van der Waals surface area contributed by atoms with E-state index in [0.717, 1.165) is 5.56 Å². The van der Waals surface area contributed by atoms with Gasteiger partial charge in [-0.2, -0.15) is 0 Å². The van der Waals surface area contributed by atoms with Crippen molar-refractivity contribution in [1.29, 1.82) is 0 Å². The molecule has 0 aliphatic rings. The van der Waals surface area contributed by atoms with Crippen LogP contribution in [0.2, 0.25) is 5.02 Å². The summed E-state index contributed by atoms with van der Waals surface area (Å²) in [6, 6.07) is 10.9. The Morgan fingerprint density at radius 3 is 2.67 bits per heavy atom. The Labute approximate surface area is 160 Å². The van der Waals surface area contributed by atoms with Gasteiger partial charge < -0.3 is 14.0 Å². The number of nitrogens with zero attached hydrogens (tertiary/aromatic N) is 1. The molecule has 0 aliphatic heterocycles. The molecule has 5 nitrogen and oxygen atoms in total. The number of benzene rings is 2. The molecule has 3 aromatic rings. The first-order valence-corrected chi connectivity index (χ1v) is 8.55. The first-order valence-electron chi connectivity index (χ1n) is 8.17. The maximum atomic E-state index is 13.1. The minimum atomic E-state index is -0.443. The lowest BCUT2D eigenvalue weighted by Gasteiger charge is -2.08. The van der Waals surface area contributed by atoms with Crippen LogP contribution in [0.4, 0.5) is 4.39 Å². The number of rotatable bonds is 6. The molecule has 27 heavy (non-hydrogen) atoms. The van der Waals surface area contributed by atoms with Gasteiger partial charge in [-0.3, -0.25) is 4.79 Å². The molecular weight excluding hydrogens is 373 g/mol. The van der Waals surface area contributed by atoms with Crippen molar-refractivity contribution < 1.29 is 23.2 Å². The topological polar surface area (TPSA) is 61.6 Å². The van der Waals surface area contributed by atoms with Crippen molar-refractivity contribution in [2.45, 2.75) is 20.0 Å². The standard InChI is InChI=1S/C20H17ClFNO4/c1-12-17(23-27-20(12)13-3-6-16(22)7-4-13)11-26-19(24)10-14-9-15(21)5-8-18(14)25-2/h3-9H,10-11H2,1-2H3. The van der Waals surface area contributed by atoms with Crippen molar-refractivity contribution in [1.82, 2.24) is 5.16 Å². The minimum Gasteiger partial charge on any atom is -0.496 e. The number of carbonyl (C=O) groups excluding carboxylic acids is 1. The second-order valence-electron chi connectivity index (χ2n) is 5.88. The highest BCUT2D eigenvalue weighted by atomic mass is 35.5. The van der Waals surface area contributed by atoms with Crippen LogP contribution in [-0.4, -0.2) is 18.2 Å². The quantitative estimate of drug-likeness (QED) is 0.570. The smallest absolute Gasteiger partial charge is 0.310 e. The van der Waals surface area contributed by atoms with Crippen molar-refractivity contribution in [2.24, 2.45) is 0 Å². The van der Waals surface area contributed by atoms with E-state index in [0.29, 0.717) is 33.4 Å². The number of hydrogen-bond donors (Lipinski definition) is 0. The van der Waals surface area contributed by atoms with Crippen LogP contribution >= 0.6 is 11.6 Å². The third-order valence-corrected chi connectivity index (χ3v) is 4.31. The summed E-state index contributed by atoms with van der Waals surface area (Å²) in [6.45, 7) is 1.77. The molecule has 1 heterocycles. The van der Waals surface area contributed by atoms with E-state index in [4.69, 9.17) is 25.6 Å². The van der Waals surface area contributed by atoms with Crippen LogP contribution in [0.1, 0.15) is 16.8 Å². The van der Waals surface area contributed by atoms with E-state index in [1.807, 2.05) is 0 Å². The summed E-state index contributed by atoms with van der Waals surface area (Å²) in [7, 11) is 1.52. The van der Waals surface area contributed by atoms with Gasteiger partial charge in [0.15, 0.2) is 5.76 Å². The highest BCUT2D eigenvalue weighted by Gasteiger charge is 2.16. The Kier molecular flexibility index (Phi) is 5.76. The van der Waals surface area contributed by atoms with Crippen molar-refractivity contribution >= 4 is 17.6 Å². The van der Waals surface area contributed by atoms with E-state index >= 15 is 0 Å². The van der Waals surface area contributed by atoms with E-state index in [1.165, 1.54) is 19.2 Å². The molecule has 7 heteroatoms. The minimum absolute atomic E-state index is 0.0193. The summed E-state index contributed by atoms with van der Waals surface area (Å²) in [4.78, 5) is 12.2. The number of carbonyl (C=O) groups is 1. The van der Waals surface area contributed by atoms with Gasteiger partial charge in [0.25, 0.3) is 0 Å². The normalized spacial score (nSPS) is 10.7. The van der Waals surface area contributed by atoms with Crippen molar-refractivity contribution in [2.75, 3.05) is 7.11 Å². The van der Waals surface area contributed by atoms with Gasteiger partial charge in [0.1, 0.15) is 23.9 Å². The maximum Gasteiger partial charge on any atom is 0.310 e. The fourth-order valence-electron chi connectivity index (χ4n) is 2.61. The summed E-state index contributed by atoms with van der Waals surface area (Å²) in [5.74, 6) is 0.299. The van der Waals surface area contributed by atoms with E-state index in [1.54, 1.807) is 37.3 Å². The summed E-state index contributed by atoms with van der Waals surface area (Å²) >= 11 is 5.97. The first-order chi connectivity index (χ1) is 13.0. The van der Waals surface area contributed by atoms with Gasteiger partial charge in [-0.25, -0.2) is 4.39 Å². The summed E-state index contributed by atoms with van der Waals surface area (Å²) in [5, 5.41) is 4.46. The molecule has 0 unspecified atom stereocenters. The molecule has 0 amide bonds. The number of hydrogen-bond acceptors (Lipinski definition) is 5. The van der Waals surface area contributed by atoms with Crippen LogP contribution in [0.5, 0.6) is 5.75 Å². The first kappa shape index (κ1) is 18.9. The van der Waals surface area contributed by atoms with Gasteiger partial charge in [-0.1, -0.05) is 16.8 Å². The lowest BCUT2D eigenvalue weighted by Crippen LogP contribution is -2.09. The molecular formula is C20H17ClFNO4. The molecule has 0 saturated heterocycles. The second-order valence-corrected chi connectivity index (χ2v) is 6.32. The van der Waals surface area contributed by atoms with Gasteiger partial charge in [-0.15, -0.1) is 0 Å². The maximum absolute atomic E-state index is 13.1. The van der Waals surface area contributed by atoms with E-state index in [-0.39, 0.29) is 18.8 Å². The number of aromatic nitrogens is 1. The van der Waals surface area contributed by atoms with Crippen LogP contribution in [-0.2, 0) is 22.6 Å². The van der Waals surface area contributed by atoms with E-state index < -0.39 is 5.97 Å². The van der Waals surface area contributed by atoms with Crippen molar-refractivity contribution in [3.63, 3.8) is 0 Å². The number of halogens is 2. The molecule has 1 aromatic heterocycles. The highest BCUT2D eigenvalue weighted by molar-refractivity contribution is 6.30. The average molecular weight is 390 g/mol. The van der Waals surface area contributed by atoms with Gasteiger partial charge in [0.2, 0.25) is 0 Å². The fraction of sp³-hybridized carbons (Fsp3) is 0.200. The molecule has 0 saturated carbocycles. The molecule has 0 radical (unpaired) electrons. The monoisotopic (exact) mass is 389 g/mol. The summed E-state index contributed by atoms with van der Waals surface area (Å²) in [5.41, 5.74) is 2.57. The van der Waals surface area contributed by atoms with Crippen LogP contribution in [0.25, 0.3) is 11.3 Å². The summed E-state index contributed by atoms with van der Waals surface area (Å²) < 4.78 is 28.9. The van der Waals surface area contributed by atoms with Crippen molar-refractivity contribution in [3.8, 4) is 17.1 Å².